The molecular weight excluding hydrogens is 361 g/mol. The maximum absolute atomic E-state index is 13.1. The van der Waals surface area contributed by atoms with Gasteiger partial charge in [0.2, 0.25) is 0 Å². The second-order valence-corrected chi connectivity index (χ2v) is 6.09. The molecule has 0 radical (unpaired) electrons. The van der Waals surface area contributed by atoms with Crippen LogP contribution in [0.4, 0.5) is 30.2 Å². The van der Waals surface area contributed by atoms with E-state index in [2.05, 4.69) is 0 Å². The molecule has 140 valence electrons. The van der Waals surface area contributed by atoms with Crippen molar-refractivity contribution in [2.75, 3.05) is 36.0 Å². The van der Waals surface area contributed by atoms with Crippen molar-refractivity contribution in [3.63, 3.8) is 0 Å². The van der Waals surface area contributed by atoms with E-state index < -0.39 is 22.2 Å². The van der Waals surface area contributed by atoms with Crippen molar-refractivity contribution in [1.82, 2.24) is 0 Å². The lowest BCUT2D eigenvalue weighted by molar-refractivity contribution is -0.384. The normalized spacial score (nSPS) is 14.7. The lowest BCUT2D eigenvalue weighted by atomic mass is 10.1. The van der Waals surface area contributed by atoms with Crippen molar-refractivity contribution in [3.05, 3.63) is 63.7 Å². The van der Waals surface area contributed by atoms with Gasteiger partial charge in [-0.15, -0.1) is 0 Å². The molecule has 1 heterocycles. The molecule has 0 unspecified atom stereocenters. The fourth-order valence-corrected chi connectivity index (χ4v) is 3.07. The minimum atomic E-state index is -4.58. The lowest BCUT2D eigenvalue weighted by Gasteiger charge is -2.37. The number of benzene rings is 2. The van der Waals surface area contributed by atoms with Gasteiger partial charge in [-0.05, 0) is 30.3 Å². The fraction of sp³-hybridized carbons (Fsp3) is 0.278. The Morgan fingerprint density at radius 1 is 0.963 bits per heavy atom. The van der Waals surface area contributed by atoms with Crippen LogP contribution in [0.15, 0.2) is 42.5 Å². The summed E-state index contributed by atoms with van der Waals surface area (Å²) in [6.07, 6.45) is -4.58. The predicted molar refractivity (Wildman–Crippen MR) is 93.7 cm³/mol. The second kappa shape index (κ2) is 7.15. The highest BCUT2D eigenvalue weighted by Crippen LogP contribution is 2.34. The zero-order valence-electron chi connectivity index (χ0n) is 14.1. The third-order valence-corrected chi connectivity index (χ3v) is 4.50. The number of nitriles is 1. The van der Waals surface area contributed by atoms with E-state index in [0.29, 0.717) is 31.9 Å². The summed E-state index contributed by atoms with van der Waals surface area (Å²) in [5.74, 6) is 0. The van der Waals surface area contributed by atoms with Crippen LogP contribution in [0, 0.1) is 21.4 Å². The molecule has 0 bridgehead atoms. The van der Waals surface area contributed by atoms with Gasteiger partial charge >= 0.3 is 6.18 Å². The molecule has 0 aliphatic carbocycles. The van der Waals surface area contributed by atoms with E-state index in [1.165, 1.54) is 24.3 Å². The number of hydrogen-bond acceptors (Lipinski definition) is 5. The molecule has 0 aromatic heterocycles. The third kappa shape index (κ3) is 3.95. The summed E-state index contributed by atoms with van der Waals surface area (Å²) in [6, 6.07) is 11.5. The molecule has 1 aliphatic heterocycles. The van der Waals surface area contributed by atoms with E-state index in [1.54, 1.807) is 18.2 Å². The maximum Gasteiger partial charge on any atom is 0.417 e. The maximum atomic E-state index is 13.1. The Bertz CT molecular complexity index is 883. The molecule has 1 aliphatic rings. The monoisotopic (exact) mass is 376 g/mol. The van der Waals surface area contributed by atoms with Crippen LogP contribution in [0.3, 0.4) is 0 Å². The number of rotatable bonds is 3. The molecule has 6 nitrogen and oxygen atoms in total. The number of nitro benzene ring substituents is 1. The van der Waals surface area contributed by atoms with Crippen LogP contribution in [-0.4, -0.2) is 31.1 Å². The SMILES string of the molecule is N#Cc1ccc(N2CCN(c3ccc([N+](=O)[O-])cc3)CC2)cc1C(F)(F)F. The van der Waals surface area contributed by atoms with E-state index >= 15 is 0 Å². The summed E-state index contributed by atoms with van der Waals surface area (Å²) < 4.78 is 39.4. The van der Waals surface area contributed by atoms with Crippen LogP contribution < -0.4 is 9.80 Å². The number of piperazine rings is 1. The van der Waals surface area contributed by atoms with Gasteiger partial charge in [0, 0.05) is 49.7 Å². The largest absolute Gasteiger partial charge is 0.417 e. The standard InChI is InChI=1S/C18H15F3N4O2/c19-18(20,21)17-11-16(2-1-13(17)12-22)24-9-7-23(8-10-24)14-3-5-15(6-4-14)25(26)27/h1-6,11H,7-10H2. The van der Waals surface area contributed by atoms with E-state index in [1.807, 2.05) is 9.80 Å². The van der Waals surface area contributed by atoms with Gasteiger partial charge in [-0.3, -0.25) is 10.1 Å². The Morgan fingerprint density at radius 3 is 1.96 bits per heavy atom. The Morgan fingerprint density at radius 2 is 1.48 bits per heavy atom. The number of non-ortho nitro benzene ring substituents is 1. The Kier molecular flexibility index (Phi) is 4.90. The van der Waals surface area contributed by atoms with Crippen LogP contribution in [0.25, 0.3) is 0 Å². The van der Waals surface area contributed by atoms with Gasteiger partial charge in [0.25, 0.3) is 5.69 Å². The zero-order valence-corrected chi connectivity index (χ0v) is 14.1. The van der Waals surface area contributed by atoms with Crippen LogP contribution >= 0.6 is 0 Å². The molecule has 0 saturated carbocycles. The molecule has 3 rings (SSSR count). The highest BCUT2D eigenvalue weighted by atomic mass is 19.4. The Hall–Kier alpha value is -3.28. The summed E-state index contributed by atoms with van der Waals surface area (Å²) in [5.41, 5.74) is -0.0635. The topological polar surface area (TPSA) is 73.4 Å². The number of anilines is 2. The van der Waals surface area contributed by atoms with E-state index in [-0.39, 0.29) is 5.69 Å². The molecule has 0 N–H and O–H groups in total. The first-order valence-electron chi connectivity index (χ1n) is 8.15. The van der Waals surface area contributed by atoms with Crippen molar-refractivity contribution < 1.29 is 18.1 Å². The van der Waals surface area contributed by atoms with Crippen LogP contribution in [0.5, 0.6) is 0 Å². The molecule has 27 heavy (non-hydrogen) atoms. The summed E-state index contributed by atoms with van der Waals surface area (Å²) >= 11 is 0. The second-order valence-electron chi connectivity index (χ2n) is 6.09. The lowest BCUT2D eigenvalue weighted by Crippen LogP contribution is -2.46. The summed E-state index contributed by atoms with van der Waals surface area (Å²) in [7, 11) is 0. The van der Waals surface area contributed by atoms with Gasteiger partial charge in [0.15, 0.2) is 0 Å². The van der Waals surface area contributed by atoms with Crippen molar-refractivity contribution >= 4 is 17.1 Å². The average molecular weight is 376 g/mol. The van der Waals surface area contributed by atoms with Gasteiger partial charge in [-0.25, -0.2) is 0 Å². The minimum Gasteiger partial charge on any atom is -0.368 e. The molecule has 1 fully saturated rings. The van der Waals surface area contributed by atoms with Crippen LogP contribution in [-0.2, 0) is 6.18 Å². The first kappa shape index (κ1) is 18.5. The third-order valence-electron chi connectivity index (χ3n) is 4.50. The van der Waals surface area contributed by atoms with Crippen molar-refractivity contribution in [1.29, 1.82) is 5.26 Å². The van der Waals surface area contributed by atoms with Crippen LogP contribution in [0.1, 0.15) is 11.1 Å². The molecule has 0 spiro atoms. The van der Waals surface area contributed by atoms with Gasteiger partial charge in [0.1, 0.15) is 0 Å². The number of alkyl halides is 3. The van der Waals surface area contributed by atoms with Gasteiger partial charge < -0.3 is 9.80 Å². The Labute approximate surface area is 153 Å². The quantitative estimate of drug-likeness (QED) is 0.602. The van der Waals surface area contributed by atoms with Crippen LogP contribution in [0.2, 0.25) is 0 Å². The number of hydrogen-bond donors (Lipinski definition) is 0. The van der Waals surface area contributed by atoms with E-state index in [9.17, 15) is 23.3 Å². The summed E-state index contributed by atoms with van der Waals surface area (Å²) in [5, 5.41) is 19.6. The first-order chi connectivity index (χ1) is 12.8. The van der Waals surface area contributed by atoms with Crippen molar-refractivity contribution in [2.24, 2.45) is 0 Å². The molecule has 0 atom stereocenters. The summed E-state index contributed by atoms with van der Waals surface area (Å²) in [4.78, 5) is 14.1. The van der Waals surface area contributed by atoms with Gasteiger partial charge in [-0.1, -0.05) is 0 Å². The smallest absolute Gasteiger partial charge is 0.368 e. The van der Waals surface area contributed by atoms with Gasteiger partial charge in [0.05, 0.1) is 22.1 Å². The van der Waals surface area contributed by atoms with E-state index in [4.69, 9.17) is 5.26 Å². The molecule has 2 aromatic rings. The van der Waals surface area contributed by atoms with Crippen molar-refractivity contribution in [3.8, 4) is 6.07 Å². The first-order valence-corrected chi connectivity index (χ1v) is 8.15. The fourth-order valence-electron chi connectivity index (χ4n) is 3.07. The Balaban J connectivity index is 1.72. The number of nitro groups is 1. The number of nitrogens with zero attached hydrogens (tertiary/aromatic N) is 4. The molecule has 2 aromatic carbocycles. The highest BCUT2D eigenvalue weighted by molar-refractivity contribution is 5.57. The van der Waals surface area contributed by atoms with Gasteiger partial charge in [-0.2, -0.15) is 18.4 Å². The van der Waals surface area contributed by atoms with E-state index in [0.717, 1.165) is 11.8 Å². The minimum absolute atomic E-state index is 0.00893. The molecule has 0 amide bonds. The highest BCUT2D eigenvalue weighted by Gasteiger charge is 2.34. The summed E-state index contributed by atoms with van der Waals surface area (Å²) in [6.45, 7) is 2.14. The zero-order chi connectivity index (χ0) is 19.6. The van der Waals surface area contributed by atoms with Crippen molar-refractivity contribution in [2.45, 2.75) is 6.18 Å². The molecular formula is C18H15F3N4O2. The molecule has 9 heteroatoms. The molecule has 1 saturated heterocycles. The predicted octanol–water partition coefficient (Wildman–Crippen LogP) is 3.81. The number of halogens is 3. The average Bonchev–Trinajstić information content (AvgIpc) is 2.67.